The van der Waals surface area contributed by atoms with Gasteiger partial charge in [-0.05, 0) is 0 Å². The van der Waals surface area contributed by atoms with Crippen molar-refractivity contribution in [3.8, 4) is 5.88 Å². The lowest BCUT2D eigenvalue weighted by Crippen LogP contribution is -2.18. The van der Waals surface area contributed by atoms with Gasteiger partial charge in [0.1, 0.15) is 5.82 Å². The highest BCUT2D eigenvalue weighted by molar-refractivity contribution is 6.17. The number of nitrogens with zero attached hydrogens (tertiary/aromatic N) is 1. The third-order valence-electron chi connectivity index (χ3n) is 1.64. The molecule has 16 heavy (non-hydrogen) atoms. The second-order valence-electron chi connectivity index (χ2n) is 2.71. The third-order valence-corrected chi connectivity index (χ3v) is 1.89. The Bertz CT molecular complexity index is 383. The molecule has 1 rings (SSSR count). The van der Waals surface area contributed by atoms with Gasteiger partial charge in [-0.2, -0.15) is 0 Å². The molecular formula is C8H6ClF4NO2. The van der Waals surface area contributed by atoms with Crippen LogP contribution in [0.5, 0.6) is 5.88 Å². The van der Waals surface area contributed by atoms with E-state index in [2.05, 4.69) is 9.72 Å². The summed E-state index contributed by atoms with van der Waals surface area (Å²) in [4.78, 5) is 3.33. The molecule has 8 heteroatoms. The molecule has 0 unspecified atom stereocenters. The molecule has 0 aliphatic carbocycles. The molecule has 3 nitrogen and oxygen atoms in total. The van der Waals surface area contributed by atoms with Crippen molar-refractivity contribution < 1.29 is 27.4 Å². The van der Waals surface area contributed by atoms with Gasteiger partial charge >= 0.3 is 6.36 Å². The summed E-state index contributed by atoms with van der Waals surface area (Å²) in [5.74, 6) is -2.33. The lowest BCUT2D eigenvalue weighted by atomic mass is 10.2. The topological polar surface area (TPSA) is 42.4 Å². The number of pyridine rings is 1. The van der Waals surface area contributed by atoms with Crippen molar-refractivity contribution in [2.75, 3.05) is 0 Å². The highest BCUT2D eigenvalue weighted by Crippen LogP contribution is 2.24. The Labute approximate surface area is 92.6 Å². The van der Waals surface area contributed by atoms with Gasteiger partial charge in [-0.3, -0.25) is 0 Å². The average molecular weight is 260 g/mol. The molecular weight excluding hydrogens is 254 g/mol. The predicted molar refractivity (Wildman–Crippen MR) is 46.4 cm³/mol. The Morgan fingerprint density at radius 2 is 2.06 bits per heavy atom. The minimum Gasteiger partial charge on any atom is -0.391 e. The van der Waals surface area contributed by atoms with Crippen LogP contribution in [-0.2, 0) is 12.5 Å². The summed E-state index contributed by atoms with van der Waals surface area (Å²) in [5.41, 5.74) is -0.437. The van der Waals surface area contributed by atoms with Gasteiger partial charge in [-0.25, -0.2) is 9.37 Å². The highest BCUT2D eigenvalue weighted by atomic mass is 35.5. The van der Waals surface area contributed by atoms with E-state index < -0.39 is 24.7 Å². The summed E-state index contributed by atoms with van der Waals surface area (Å²) in [7, 11) is 0. The van der Waals surface area contributed by atoms with E-state index in [4.69, 9.17) is 16.7 Å². The second-order valence-corrected chi connectivity index (χ2v) is 2.97. The van der Waals surface area contributed by atoms with Gasteiger partial charge in [0.15, 0.2) is 0 Å². The summed E-state index contributed by atoms with van der Waals surface area (Å²) in [6.45, 7) is -0.701. The molecule has 90 valence electrons. The van der Waals surface area contributed by atoms with Crippen LogP contribution >= 0.6 is 11.6 Å². The third kappa shape index (κ3) is 3.21. The molecule has 0 saturated heterocycles. The number of alkyl halides is 4. The number of rotatable bonds is 3. The van der Waals surface area contributed by atoms with Gasteiger partial charge < -0.3 is 9.84 Å². The van der Waals surface area contributed by atoms with Gasteiger partial charge in [-0.15, -0.1) is 24.8 Å². The molecule has 0 fully saturated rings. The Kier molecular flexibility index (Phi) is 3.93. The first-order chi connectivity index (χ1) is 7.37. The van der Waals surface area contributed by atoms with Crippen LogP contribution in [0.15, 0.2) is 6.07 Å². The van der Waals surface area contributed by atoms with Gasteiger partial charge in [0.25, 0.3) is 0 Å². The maximum absolute atomic E-state index is 13.2. The van der Waals surface area contributed by atoms with Crippen LogP contribution < -0.4 is 4.74 Å². The molecule has 0 aliphatic rings. The first-order valence-corrected chi connectivity index (χ1v) is 4.51. The molecule has 0 saturated carbocycles. The minimum absolute atomic E-state index is 0.191. The van der Waals surface area contributed by atoms with E-state index in [9.17, 15) is 17.6 Å². The van der Waals surface area contributed by atoms with E-state index in [1.807, 2.05) is 0 Å². The fraction of sp³-hybridized carbons (Fsp3) is 0.375. The number of hydrogen-bond donors (Lipinski definition) is 1. The monoisotopic (exact) mass is 259 g/mol. The molecule has 1 aromatic heterocycles. The molecule has 1 heterocycles. The fourth-order valence-electron chi connectivity index (χ4n) is 1.01. The fourth-order valence-corrected chi connectivity index (χ4v) is 1.24. The van der Waals surface area contributed by atoms with Crippen molar-refractivity contribution in [3.05, 3.63) is 23.1 Å². The van der Waals surface area contributed by atoms with Crippen LogP contribution in [-0.4, -0.2) is 16.5 Å². The van der Waals surface area contributed by atoms with E-state index >= 15 is 0 Å². The normalized spacial score (nSPS) is 11.6. The summed E-state index contributed by atoms with van der Waals surface area (Å²) < 4.78 is 52.1. The largest absolute Gasteiger partial charge is 0.574 e. The van der Waals surface area contributed by atoms with Crippen LogP contribution in [0.4, 0.5) is 17.6 Å². The van der Waals surface area contributed by atoms with Crippen molar-refractivity contribution in [2.45, 2.75) is 18.8 Å². The summed E-state index contributed by atoms with van der Waals surface area (Å²) in [5, 5.41) is 8.75. The zero-order valence-electron chi connectivity index (χ0n) is 7.68. The zero-order chi connectivity index (χ0) is 12.3. The lowest BCUT2D eigenvalue weighted by molar-refractivity contribution is -0.276. The zero-order valence-corrected chi connectivity index (χ0v) is 8.44. The number of aromatic nitrogens is 1. The molecule has 0 spiro atoms. The van der Waals surface area contributed by atoms with Crippen molar-refractivity contribution >= 4 is 11.6 Å². The maximum Gasteiger partial charge on any atom is 0.574 e. The Hall–Kier alpha value is -1.08. The van der Waals surface area contributed by atoms with Crippen LogP contribution in [0.1, 0.15) is 11.3 Å². The lowest BCUT2D eigenvalue weighted by Gasteiger charge is -2.11. The van der Waals surface area contributed by atoms with Gasteiger partial charge in [0, 0.05) is 11.6 Å². The number of hydrogen-bond acceptors (Lipinski definition) is 3. The summed E-state index contributed by atoms with van der Waals surface area (Å²) in [6.07, 6.45) is -4.95. The maximum atomic E-state index is 13.2. The van der Waals surface area contributed by atoms with Crippen LogP contribution in [0.3, 0.4) is 0 Å². The van der Waals surface area contributed by atoms with Crippen molar-refractivity contribution in [2.24, 2.45) is 0 Å². The molecule has 0 radical (unpaired) electrons. The molecule has 0 bridgehead atoms. The van der Waals surface area contributed by atoms with Crippen LogP contribution in [0.25, 0.3) is 0 Å². The van der Waals surface area contributed by atoms with Crippen molar-refractivity contribution in [1.82, 2.24) is 4.98 Å². The minimum atomic E-state index is -4.95. The van der Waals surface area contributed by atoms with Crippen molar-refractivity contribution in [3.63, 3.8) is 0 Å². The summed E-state index contributed by atoms with van der Waals surface area (Å²) in [6, 6.07) is 0.440. The van der Waals surface area contributed by atoms with Gasteiger partial charge in [-0.1, -0.05) is 0 Å². The summed E-state index contributed by atoms with van der Waals surface area (Å²) >= 11 is 5.35. The van der Waals surface area contributed by atoms with E-state index in [0.717, 1.165) is 0 Å². The molecule has 0 aromatic carbocycles. The second kappa shape index (κ2) is 4.84. The Morgan fingerprint density at radius 1 is 1.44 bits per heavy atom. The number of ether oxygens (including phenoxy) is 1. The van der Waals surface area contributed by atoms with Crippen molar-refractivity contribution in [1.29, 1.82) is 0 Å². The van der Waals surface area contributed by atoms with E-state index in [0.29, 0.717) is 6.07 Å². The first kappa shape index (κ1) is 13.0. The predicted octanol–water partition coefficient (Wildman–Crippen LogP) is 2.35. The Balaban J connectivity index is 3.10. The number of aliphatic hydroxyl groups is 1. The van der Waals surface area contributed by atoms with Gasteiger partial charge in [0.2, 0.25) is 5.88 Å². The smallest absolute Gasteiger partial charge is 0.391 e. The molecule has 0 amide bonds. The van der Waals surface area contributed by atoms with E-state index in [-0.39, 0.29) is 17.1 Å². The van der Waals surface area contributed by atoms with E-state index in [1.165, 1.54) is 0 Å². The average Bonchev–Trinajstić information content (AvgIpc) is 2.14. The highest BCUT2D eigenvalue weighted by Gasteiger charge is 2.32. The molecule has 1 N–H and O–H groups in total. The SMILES string of the molecule is OCc1c(F)cc(OC(F)(F)F)nc1CCl. The molecule has 0 aliphatic heterocycles. The Morgan fingerprint density at radius 3 is 2.50 bits per heavy atom. The molecule has 0 atom stereocenters. The quantitative estimate of drug-likeness (QED) is 0.669. The first-order valence-electron chi connectivity index (χ1n) is 3.98. The number of aliphatic hydroxyl groups excluding tert-OH is 1. The molecule has 1 aromatic rings. The van der Waals surface area contributed by atoms with Gasteiger partial charge in [0.05, 0.1) is 18.2 Å². The van der Waals surface area contributed by atoms with Crippen LogP contribution in [0.2, 0.25) is 0 Å². The van der Waals surface area contributed by atoms with E-state index in [1.54, 1.807) is 0 Å². The van der Waals surface area contributed by atoms with Crippen LogP contribution in [0, 0.1) is 5.82 Å². The standard InChI is InChI=1S/C8H6ClF4NO2/c9-2-6-4(3-15)5(10)1-7(14-6)16-8(11,12)13/h1,15H,2-3H2. The number of halogens is 5.